The average Bonchev–Trinajstić information content (AvgIpc) is 2.78. The molecule has 1 heterocycles. The van der Waals surface area contributed by atoms with E-state index in [-0.39, 0.29) is 11.9 Å². The smallest absolute Gasteiger partial charge is 0.282 e. The number of carbonyl (C=O) groups excluding carboxylic acids is 1. The highest BCUT2D eigenvalue weighted by Gasteiger charge is 2.30. The number of quaternary nitrogens is 1. The molecule has 0 aromatic heterocycles. The number of carbonyl (C=O) groups is 1. The van der Waals surface area contributed by atoms with Crippen LogP contribution >= 0.6 is 0 Å². The molecule has 0 aliphatic carbocycles. The first-order chi connectivity index (χ1) is 14.2. The first-order valence-electron chi connectivity index (χ1n) is 10.2. The molecule has 0 spiro atoms. The maximum Gasteiger partial charge on any atom is 0.282 e. The Kier molecular flexibility index (Phi) is 5.67. The highest BCUT2D eigenvalue weighted by Crippen LogP contribution is 2.27. The fourth-order valence-corrected chi connectivity index (χ4v) is 4.06. The van der Waals surface area contributed by atoms with Crippen LogP contribution in [0.1, 0.15) is 6.92 Å². The number of hydrogen-bond donors (Lipinski definition) is 2. The van der Waals surface area contributed by atoms with Crippen molar-refractivity contribution in [3.8, 4) is 5.75 Å². The van der Waals surface area contributed by atoms with Crippen molar-refractivity contribution in [1.82, 2.24) is 0 Å². The Balaban J connectivity index is 1.37. The van der Waals surface area contributed by atoms with E-state index < -0.39 is 0 Å². The fourth-order valence-electron chi connectivity index (χ4n) is 4.06. The minimum Gasteiger partial charge on any atom is -0.495 e. The minimum absolute atomic E-state index is 0.0704. The van der Waals surface area contributed by atoms with Gasteiger partial charge in [0.25, 0.3) is 5.91 Å². The molecule has 0 bridgehead atoms. The van der Waals surface area contributed by atoms with E-state index in [1.165, 1.54) is 10.3 Å². The van der Waals surface area contributed by atoms with Crippen molar-refractivity contribution in [2.75, 3.05) is 43.5 Å². The molecule has 0 saturated carbocycles. The number of fused-ring (bicyclic) bond motifs is 1. The van der Waals surface area contributed by atoms with E-state index in [1.54, 1.807) is 7.11 Å². The molecule has 1 fully saturated rings. The monoisotopic (exact) mass is 390 g/mol. The number of hydrogen-bond acceptors (Lipinski definition) is 3. The predicted molar refractivity (Wildman–Crippen MR) is 118 cm³/mol. The topological polar surface area (TPSA) is 46.0 Å². The van der Waals surface area contributed by atoms with Crippen LogP contribution < -0.4 is 19.9 Å². The number of para-hydroxylation sites is 2. The number of nitrogens with one attached hydrogen (secondary N) is 2. The lowest BCUT2D eigenvalue weighted by atomic mass is 10.1. The highest BCUT2D eigenvalue weighted by atomic mass is 16.5. The minimum atomic E-state index is -0.0960. The molecule has 1 atom stereocenters. The van der Waals surface area contributed by atoms with Gasteiger partial charge in [0.1, 0.15) is 5.75 Å². The largest absolute Gasteiger partial charge is 0.495 e. The summed E-state index contributed by atoms with van der Waals surface area (Å²) in [6.45, 7) is 5.67. The molecule has 3 aromatic rings. The van der Waals surface area contributed by atoms with Gasteiger partial charge in [-0.25, -0.2) is 0 Å². The lowest BCUT2D eigenvalue weighted by Gasteiger charge is -2.36. The van der Waals surface area contributed by atoms with E-state index >= 15 is 0 Å². The van der Waals surface area contributed by atoms with Crippen LogP contribution in [-0.4, -0.2) is 45.2 Å². The molecule has 1 aliphatic heterocycles. The number of benzene rings is 3. The Bertz CT molecular complexity index is 996. The normalized spacial score (nSPS) is 15.9. The number of piperazine rings is 1. The van der Waals surface area contributed by atoms with Gasteiger partial charge in [0, 0.05) is 5.69 Å². The summed E-state index contributed by atoms with van der Waals surface area (Å²) in [6.07, 6.45) is 0. The molecule has 0 unspecified atom stereocenters. The van der Waals surface area contributed by atoms with Crippen LogP contribution in [0.4, 0.5) is 11.4 Å². The van der Waals surface area contributed by atoms with Gasteiger partial charge in [0.15, 0.2) is 6.04 Å². The third-order valence-electron chi connectivity index (χ3n) is 5.85. The summed E-state index contributed by atoms with van der Waals surface area (Å²) < 4.78 is 5.50. The van der Waals surface area contributed by atoms with Crippen molar-refractivity contribution in [1.29, 1.82) is 0 Å². The molecule has 1 saturated heterocycles. The van der Waals surface area contributed by atoms with Crippen LogP contribution in [-0.2, 0) is 4.79 Å². The molecule has 1 aliphatic rings. The summed E-state index contributed by atoms with van der Waals surface area (Å²) in [4.78, 5) is 16.5. The molecule has 150 valence electrons. The number of anilines is 2. The van der Waals surface area contributed by atoms with Gasteiger partial charge in [0.05, 0.1) is 39.0 Å². The van der Waals surface area contributed by atoms with Gasteiger partial charge in [0.2, 0.25) is 0 Å². The fraction of sp³-hybridized carbons (Fsp3) is 0.292. The maximum absolute atomic E-state index is 12.8. The van der Waals surface area contributed by atoms with Crippen molar-refractivity contribution in [2.45, 2.75) is 13.0 Å². The summed E-state index contributed by atoms with van der Waals surface area (Å²) in [5, 5.41) is 5.41. The summed E-state index contributed by atoms with van der Waals surface area (Å²) in [5.41, 5.74) is 1.98. The van der Waals surface area contributed by atoms with Crippen molar-refractivity contribution < 1.29 is 14.4 Å². The van der Waals surface area contributed by atoms with E-state index in [1.807, 2.05) is 49.4 Å². The average molecular weight is 391 g/mol. The molecule has 5 nitrogen and oxygen atoms in total. The Morgan fingerprint density at radius 3 is 2.45 bits per heavy atom. The van der Waals surface area contributed by atoms with E-state index in [2.05, 4.69) is 34.5 Å². The van der Waals surface area contributed by atoms with Crippen LogP contribution in [0.15, 0.2) is 66.7 Å². The molecule has 0 radical (unpaired) electrons. The standard InChI is InChI=1S/C24H27N3O2/c1-18(24(28)25-21-12-11-19-7-3-4-8-20(19)17-21)26-13-15-27(16-14-26)22-9-5-6-10-23(22)29-2/h3-12,17-18H,13-16H2,1-2H3,(H,25,28)/p+1/t18-/m1/s1. The van der Waals surface area contributed by atoms with Crippen LogP contribution in [0.3, 0.4) is 0 Å². The first kappa shape index (κ1) is 19.3. The molecule has 29 heavy (non-hydrogen) atoms. The predicted octanol–water partition coefficient (Wildman–Crippen LogP) is 2.58. The molecular formula is C24H28N3O2+. The number of methoxy groups -OCH3 is 1. The van der Waals surface area contributed by atoms with Gasteiger partial charge in [-0.3, -0.25) is 4.79 Å². The Morgan fingerprint density at radius 2 is 1.69 bits per heavy atom. The summed E-state index contributed by atoms with van der Waals surface area (Å²) in [7, 11) is 1.71. The molecule has 2 N–H and O–H groups in total. The molecule has 3 aromatic carbocycles. The van der Waals surface area contributed by atoms with Gasteiger partial charge in [-0.2, -0.15) is 0 Å². The van der Waals surface area contributed by atoms with E-state index in [4.69, 9.17) is 4.74 Å². The lowest BCUT2D eigenvalue weighted by molar-refractivity contribution is -0.914. The zero-order chi connectivity index (χ0) is 20.2. The van der Waals surface area contributed by atoms with Crippen molar-refractivity contribution in [3.63, 3.8) is 0 Å². The first-order valence-corrected chi connectivity index (χ1v) is 10.2. The van der Waals surface area contributed by atoms with Crippen LogP contribution in [0.5, 0.6) is 5.75 Å². The van der Waals surface area contributed by atoms with Crippen LogP contribution in [0, 0.1) is 0 Å². The summed E-state index contributed by atoms with van der Waals surface area (Å²) in [6, 6.07) is 22.3. The van der Waals surface area contributed by atoms with E-state index in [9.17, 15) is 4.79 Å². The quantitative estimate of drug-likeness (QED) is 0.704. The van der Waals surface area contributed by atoms with Crippen molar-refractivity contribution >= 4 is 28.1 Å². The zero-order valence-corrected chi connectivity index (χ0v) is 17.0. The van der Waals surface area contributed by atoms with Gasteiger partial charge in [-0.05, 0) is 42.0 Å². The number of ether oxygens (including phenoxy) is 1. The van der Waals surface area contributed by atoms with Crippen LogP contribution in [0.2, 0.25) is 0 Å². The van der Waals surface area contributed by atoms with Gasteiger partial charge in [-0.1, -0.05) is 42.5 Å². The van der Waals surface area contributed by atoms with Gasteiger partial charge >= 0.3 is 0 Å². The third kappa shape index (κ3) is 4.20. The summed E-state index contributed by atoms with van der Waals surface area (Å²) in [5.74, 6) is 0.971. The number of rotatable bonds is 5. The van der Waals surface area contributed by atoms with Crippen molar-refractivity contribution in [3.05, 3.63) is 66.7 Å². The third-order valence-corrected chi connectivity index (χ3v) is 5.85. The molecule has 5 heteroatoms. The second kappa shape index (κ2) is 8.53. The SMILES string of the molecule is COc1ccccc1N1CC[NH+]([C@H](C)C(=O)Nc2ccc3ccccc3c2)CC1. The van der Waals surface area contributed by atoms with Gasteiger partial charge < -0.3 is 19.9 Å². The van der Waals surface area contributed by atoms with Gasteiger partial charge in [-0.15, -0.1) is 0 Å². The highest BCUT2D eigenvalue weighted by molar-refractivity contribution is 5.96. The Hall–Kier alpha value is -3.05. The van der Waals surface area contributed by atoms with Crippen LogP contribution in [0.25, 0.3) is 10.8 Å². The molecule has 4 rings (SSSR count). The van der Waals surface area contributed by atoms with E-state index in [0.717, 1.165) is 48.7 Å². The Morgan fingerprint density at radius 1 is 1.00 bits per heavy atom. The summed E-state index contributed by atoms with van der Waals surface area (Å²) >= 11 is 0. The zero-order valence-electron chi connectivity index (χ0n) is 17.0. The molecule has 1 amide bonds. The Labute approximate surface area is 171 Å². The number of amides is 1. The second-order valence-corrected chi connectivity index (χ2v) is 7.59. The number of nitrogens with zero attached hydrogens (tertiary/aromatic N) is 1. The second-order valence-electron chi connectivity index (χ2n) is 7.59. The maximum atomic E-state index is 12.8. The van der Waals surface area contributed by atoms with E-state index in [0.29, 0.717) is 0 Å². The molecular weight excluding hydrogens is 362 g/mol. The lowest BCUT2D eigenvalue weighted by Crippen LogP contribution is -3.19. The van der Waals surface area contributed by atoms with Crippen molar-refractivity contribution in [2.24, 2.45) is 0 Å².